The van der Waals surface area contributed by atoms with Gasteiger partial charge in [0.1, 0.15) is 11.3 Å². The lowest BCUT2D eigenvalue weighted by atomic mass is 10.2. The Labute approximate surface area is 91.9 Å². The molecule has 1 aromatic heterocycles. The Balaban J connectivity index is 2.49. The van der Waals surface area contributed by atoms with E-state index in [0.717, 1.165) is 5.69 Å². The number of hydrogen-bond donors (Lipinski definition) is 1. The van der Waals surface area contributed by atoms with Gasteiger partial charge >= 0.3 is 5.97 Å². The molecular weight excluding hydrogens is 208 g/mol. The highest BCUT2D eigenvalue weighted by Gasteiger charge is 2.11. The van der Waals surface area contributed by atoms with Crippen LogP contribution in [0.15, 0.2) is 36.7 Å². The molecule has 0 radical (unpaired) electrons. The van der Waals surface area contributed by atoms with E-state index in [4.69, 9.17) is 9.84 Å². The molecule has 0 amide bonds. The monoisotopic (exact) mass is 218 g/mol. The van der Waals surface area contributed by atoms with Gasteiger partial charge in [0.05, 0.1) is 12.8 Å². The highest BCUT2D eigenvalue weighted by molar-refractivity contribution is 5.91. The van der Waals surface area contributed by atoms with E-state index in [2.05, 4.69) is 5.10 Å². The predicted molar refractivity (Wildman–Crippen MR) is 57.1 cm³/mol. The fourth-order valence-corrected chi connectivity index (χ4v) is 1.42. The van der Waals surface area contributed by atoms with Crippen molar-refractivity contribution < 1.29 is 14.6 Å². The third kappa shape index (κ3) is 1.75. The number of ether oxygens (including phenoxy) is 1. The number of hydrogen-bond acceptors (Lipinski definition) is 3. The van der Waals surface area contributed by atoms with E-state index < -0.39 is 5.97 Å². The minimum atomic E-state index is -1.01. The topological polar surface area (TPSA) is 64.4 Å². The maximum Gasteiger partial charge on any atom is 0.339 e. The van der Waals surface area contributed by atoms with Gasteiger partial charge in [0.15, 0.2) is 0 Å². The SMILES string of the molecule is COc1cc(-n2cccn2)ccc1C(=O)O. The van der Waals surface area contributed by atoms with Crippen LogP contribution in [0.1, 0.15) is 10.4 Å². The van der Waals surface area contributed by atoms with Crippen LogP contribution in [0.2, 0.25) is 0 Å². The largest absolute Gasteiger partial charge is 0.496 e. The molecule has 0 bridgehead atoms. The van der Waals surface area contributed by atoms with Crippen LogP contribution in [0.25, 0.3) is 5.69 Å². The quantitative estimate of drug-likeness (QED) is 0.849. The second kappa shape index (κ2) is 4.06. The number of aromatic nitrogens is 2. The van der Waals surface area contributed by atoms with Crippen LogP contribution in [0, 0.1) is 0 Å². The van der Waals surface area contributed by atoms with Crippen molar-refractivity contribution >= 4 is 5.97 Å². The molecule has 0 atom stereocenters. The van der Waals surface area contributed by atoms with Crippen molar-refractivity contribution in [2.45, 2.75) is 0 Å². The molecule has 5 nitrogen and oxygen atoms in total. The summed E-state index contributed by atoms with van der Waals surface area (Å²) in [6, 6.07) is 6.60. The molecule has 0 saturated carbocycles. The summed E-state index contributed by atoms with van der Waals surface area (Å²) in [6.07, 6.45) is 3.42. The van der Waals surface area contributed by atoms with Crippen molar-refractivity contribution in [1.29, 1.82) is 0 Å². The van der Waals surface area contributed by atoms with Crippen LogP contribution in [-0.4, -0.2) is 28.0 Å². The molecular formula is C11H10N2O3. The molecule has 0 fully saturated rings. The number of aromatic carboxylic acids is 1. The first-order chi connectivity index (χ1) is 7.72. The second-order valence-electron chi connectivity index (χ2n) is 3.14. The van der Waals surface area contributed by atoms with Crippen molar-refractivity contribution in [3.8, 4) is 11.4 Å². The average Bonchev–Trinajstić information content (AvgIpc) is 2.81. The van der Waals surface area contributed by atoms with E-state index in [0.29, 0.717) is 5.75 Å². The predicted octanol–water partition coefficient (Wildman–Crippen LogP) is 1.58. The van der Waals surface area contributed by atoms with E-state index >= 15 is 0 Å². The first kappa shape index (κ1) is 10.2. The molecule has 2 aromatic rings. The molecule has 0 saturated heterocycles. The van der Waals surface area contributed by atoms with E-state index in [-0.39, 0.29) is 5.56 Å². The fourth-order valence-electron chi connectivity index (χ4n) is 1.42. The Morgan fingerprint density at radius 2 is 2.31 bits per heavy atom. The summed E-state index contributed by atoms with van der Waals surface area (Å²) in [4.78, 5) is 10.9. The van der Waals surface area contributed by atoms with Gasteiger partial charge in [-0.15, -0.1) is 0 Å². The van der Waals surface area contributed by atoms with E-state index in [1.165, 1.54) is 13.2 Å². The summed E-state index contributed by atoms with van der Waals surface area (Å²) >= 11 is 0. The second-order valence-corrected chi connectivity index (χ2v) is 3.14. The molecule has 5 heteroatoms. The zero-order valence-corrected chi connectivity index (χ0v) is 8.62. The van der Waals surface area contributed by atoms with Crippen molar-refractivity contribution in [1.82, 2.24) is 9.78 Å². The molecule has 0 aliphatic rings. The van der Waals surface area contributed by atoms with Gasteiger partial charge < -0.3 is 9.84 Å². The summed E-state index contributed by atoms with van der Waals surface area (Å²) in [6.45, 7) is 0. The van der Waals surface area contributed by atoms with Gasteiger partial charge in [0.2, 0.25) is 0 Å². The summed E-state index contributed by atoms with van der Waals surface area (Å²) < 4.78 is 6.66. The molecule has 1 heterocycles. The number of nitrogens with zero attached hydrogens (tertiary/aromatic N) is 2. The van der Waals surface area contributed by atoms with Crippen LogP contribution < -0.4 is 4.74 Å². The number of carboxylic acids is 1. The Morgan fingerprint density at radius 3 is 2.88 bits per heavy atom. The van der Waals surface area contributed by atoms with Gasteiger partial charge in [-0.1, -0.05) is 0 Å². The lowest BCUT2D eigenvalue weighted by molar-refractivity contribution is 0.0693. The zero-order chi connectivity index (χ0) is 11.5. The smallest absolute Gasteiger partial charge is 0.339 e. The van der Waals surface area contributed by atoms with Gasteiger partial charge in [-0.2, -0.15) is 5.10 Å². The molecule has 16 heavy (non-hydrogen) atoms. The van der Waals surface area contributed by atoms with Crippen LogP contribution in [0.4, 0.5) is 0 Å². The minimum absolute atomic E-state index is 0.137. The molecule has 0 aliphatic heterocycles. The Morgan fingerprint density at radius 1 is 1.50 bits per heavy atom. The van der Waals surface area contributed by atoms with Crippen LogP contribution >= 0.6 is 0 Å². The van der Waals surface area contributed by atoms with Crippen LogP contribution in [-0.2, 0) is 0 Å². The number of carboxylic acid groups (broad SMARTS) is 1. The van der Waals surface area contributed by atoms with Gasteiger partial charge in [-0.05, 0) is 18.2 Å². The fraction of sp³-hybridized carbons (Fsp3) is 0.0909. The maximum atomic E-state index is 10.9. The molecule has 0 spiro atoms. The number of methoxy groups -OCH3 is 1. The highest BCUT2D eigenvalue weighted by atomic mass is 16.5. The molecule has 1 aromatic carbocycles. The van der Waals surface area contributed by atoms with E-state index in [1.54, 1.807) is 35.3 Å². The van der Waals surface area contributed by atoms with Crippen molar-refractivity contribution in [2.24, 2.45) is 0 Å². The number of rotatable bonds is 3. The Kier molecular flexibility index (Phi) is 2.59. The first-order valence-corrected chi connectivity index (χ1v) is 4.63. The van der Waals surface area contributed by atoms with Crippen molar-refractivity contribution in [3.63, 3.8) is 0 Å². The van der Waals surface area contributed by atoms with Gasteiger partial charge in [0, 0.05) is 18.5 Å². The van der Waals surface area contributed by atoms with Gasteiger partial charge in [0.25, 0.3) is 0 Å². The van der Waals surface area contributed by atoms with Crippen LogP contribution in [0.3, 0.4) is 0 Å². The van der Waals surface area contributed by atoms with Crippen LogP contribution in [0.5, 0.6) is 5.75 Å². The normalized spacial score (nSPS) is 10.1. The number of benzene rings is 1. The standard InChI is InChI=1S/C11H10N2O3/c1-16-10-7-8(13-6-2-5-12-13)3-4-9(10)11(14)15/h2-7H,1H3,(H,14,15). The number of carbonyl (C=O) groups is 1. The maximum absolute atomic E-state index is 10.9. The summed E-state index contributed by atoms with van der Waals surface area (Å²) in [5.74, 6) is -0.690. The Bertz CT molecular complexity index is 506. The molecule has 1 N–H and O–H groups in total. The van der Waals surface area contributed by atoms with Crippen molar-refractivity contribution in [3.05, 3.63) is 42.2 Å². The lowest BCUT2D eigenvalue weighted by Gasteiger charge is -2.07. The summed E-state index contributed by atoms with van der Waals surface area (Å²) in [5.41, 5.74) is 0.894. The van der Waals surface area contributed by atoms with Gasteiger partial charge in [-0.3, -0.25) is 0 Å². The molecule has 82 valence electrons. The molecule has 0 aliphatic carbocycles. The highest BCUT2D eigenvalue weighted by Crippen LogP contribution is 2.21. The lowest BCUT2D eigenvalue weighted by Crippen LogP contribution is -2.02. The minimum Gasteiger partial charge on any atom is -0.496 e. The summed E-state index contributed by atoms with van der Waals surface area (Å²) in [5, 5.41) is 13.0. The van der Waals surface area contributed by atoms with Crippen molar-refractivity contribution in [2.75, 3.05) is 7.11 Å². The van der Waals surface area contributed by atoms with E-state index in [1.807, 2.05) is 0 Å². The van der Waals surface area contributed by atoms with Gasteiger partial charge in [-0.25, -0.2) is 9.48 Å². The zero-order valence-electron chi connectivity index (χ0n) is 8.62. The molecule has 2 rings (SSSR count). The average molecular weight is 218 g/mol. The molecule has 0 unspecified atom stereocenters. The first-order valence-electron chi connectivity index (χ1n) is 4.63. The third-order valence-corrected chi connectivity index (χ3v) is 2.18. The summed E-state index contributed by atoms with van der Waals surface area (Å²) in [7, 11) is 1.44. The van der Waals surface area contributed by atoms with E-state index in [9.17, 15) is 4.79 Å². The Hall–Kier alpha value is -2.30. The third-order valence-electron chi connectivity index (χ3n) is 2.18.